The van der Waals surface area contributed by atoms with Crippen LogP contribution >= 0.6 is 0 Å². The van der Waals surface area contributed by atoms with Gasteiger partial charge in [-0.2, -0.15) is 0 Å². The van der Waals surface area contributed by atoms with Gasteiger partial charge in [0.05, 0.1) is 6.10 Å². The summed E-state index contributed by atoms with van der Waals surface area (Å²) in [5.74, 6) is 1.80. The van der Waals surface area contributed by atoms with Crippen molar-refractivity contribution in [3.05, 3.63) is 42.0 Å². The average Bonchev–Trinajstić information content (AvgIpc) is 2.69. The molecule has 0 radical (unpaired) electrons. The van der Waals surface area contributed by atoms with E-state index in [9.17, 15) is 5.11 Å². The highest BCUT2D eigenvalue weighted by atomic mass is 16.5. The van der Waals surface area contributed by atoms with Crippen molar-refractivity contribution in [1.82, 2.24) is 4.90 Å². The number of hydrogen-bond donors (Lipinski definition) is 1. The number of aliphatic hydroxyl groups is 1. The highest BCUT2D eigenvalue weighted by molar-refractivity contribution is 5.87. The fourth-order valence-corrected chi connectivity index (χ4v) is 5.16. The summed E-state index contributed by atoms with van der Waals surface area (Å²) in [6, 6.07) is 13.0. The van der Waals surface area contributed by atoms with Crippen molar-refractivity contribution < 1.29 is 9.84 Å². The van der Waals surface area contributed by atoms with Gasteiger partial charge < -0.3 is 9.84 Å². The highest BCUT2D eigenvalue weighted by Gasteiger charge is 2.30. The zero-order valence-corrected chi connectivity index (χ0v) is 18.4. The Bertz CT molecular complexity index is 817. The Balaban J connectivity index is 1.43. The van der Waals surface area contributed by atoms with Gasteiger partial charge in [0.15, 0.2) is 0 Å². The minimum absolute atomic E-state index is 0.301. The minimum Gasteiger partial charge on any atom is -0.490 e. The Morgan fingerprint density at radius 2 is 1.79 bits per heavy atom. The summed E-state index contributed by atoms with van der Waals surface area (Å²) in [6.45, 7) is 8.89. The van der Waals surface area contributed by atoms with E-state index in [0.717, 1.165) is 50.4 Å². The Labute approximate surface area is 176 Å². The summed E-state index contributed by atoms with van der Waals surface area (Å²) in [7, 11) is 0. The lowest BCUT2D eigenvalue weighted by Crippen LogP contribution is -2.38. The molecule has 158 valence electrons. The van der Waals surface area contributed by atoms with E-state index in [1.54, 1.807) is 0 Å². The lowest BCUT2D eigenvalue weighted by molar-refractivity contribution is -0.0288. The molecule has 1 saturated carbocycles. The maximum Gasteiger partial charge on any atom is 0.120 e. The van der Waals surface area contributed by atoms with Crippen molar-refractivity contribution in [1.29, 1.82) is 0 Å². The van der Waals surface area contributed by atoms with Crippen LogP contribution in [0.4, 0.5) is 0 Å². The number of nitrogens with zero attached hydrogens (tertiary/aromatic N) is 1. The molecule has 0 spiro atoms. The van der Waals surface area contributed by atoms with E-state index >= 15 is 0 Å². The second-order valence-corrected chi connectivity index (χ2v) is 10.2. The van der Waals surface area contributed by atoms with Crippen LogP contribution in [-0.4, -0.2) is 28.9 Å². The van der Waals surface area contributed by atoms with E-state index in [2.05, 4.69) is 62.1 Å². The summed E-state index contributed by atoms with van der Waals surface area (Å²) in [5.41, 5.74) is 1.70. The third-order valence-corrected chi connectivity index (χ3v) is 7.10. The Morgan fingerprint density at radius 3 is 2.52 bits per heavy atom. The van der Waals surface area contributed by atoms with Gasteiger partial charge in [-0.15, -0.1) is 0 Å². The van der Waals surface area contributed by atoms with Gasteiger partial charge in [0.1, 0.15) is 12.0 Å². The van der Waals surface area contributed by atoms with Crippen LogP contribution in [0, 0.1) is 11.3 Å². The van der Waals surface area contributed by atoms with Crippen molar-refractivity contribution in [3.63, 3.8) is 0 Å². The first kappa shape index (κ1) is 20.7. The second kappa shape index (κ2) is 8.65. The van der Waals surface area contributed by atoms with Crippen LogP contribution < -0.4 is 4.74 Å². The van der Waals surface area contributed by atoms with E-state index in [4.69, 9.17) is 4.74 Å². The smallest absolute Gasteiger partial charge is 0.120 e. The summed E-state index contributed by atoms with van der Waals surface area (Å²) in [5, 5.41) is 12.8. The topological polar surface area (TPSA) is 32.7 Å². The third-order valence-electron chi connectivity index (χ3n) is 7.10. The molecule has 2 aromatic rings. The maximum absolute atomic E-state index is 10.3. The molecule has 3 heteroatoms. The molecular weight excluding hydrogens is 358 g/mol. The molecule has 4 rings (SSSR count). The number of fused-ring (bicyclic) bond motifs is 1. The van der Waals surface area contributed by atoms with Crippen LogP contribution in [-0.2, 0) is 6.54 Å². The minimum atomic E-state index is -0.301. The van der Waals surface area contributed by atoms with Crippen LogP contribution in [0.1, 0.15) is 71.3 Å². The molecule has 2 aromatic carbocycles. The Hall–Kier alpha value is -1.58. The highest BCUT2D eigenvalue weighted by Crippen LogP contribution is 2.39. The predicted octanol–water partition coefficient (Wildman–Crippen LogP) is 6.13. The molecule has 1 N–H and O–H groups in total. The van der Waals surface area contributed by atoms with Gasteiger partial charge in [-0.25, -0.2) is 0 Å². The van der Waals surface area contributed by atoms with E-state index in [-0.39, 0.29) is 6.23 Å². The van der Waals surface area contributed by atoms with Crippen molar-refractivity contribution in [2.45, 2.75) is 84.6 Å². The molecule has 2 aliphatic rings. The van der Waals surface area contributed by atoms with Crippen LogP contribution in [0.2, 0.25) is 0 Å². The molecular formula is C26H37NO2. The Morgan fingerprint density at radius 1 is 1.00 bits per heavy atom. The molecule has 1 heterocycles. The fraction of sp³-hybridized carbons (Fsp3) is 0.615. The number of ether oxygens (including phenoxy) is 1. The van der Waals surface area contributed by atoms with Gasteiger partial charge in [0.25, 0.3) is 0 Å². The molecule has 29 heavy (non-hydrogen) atoms. The Kier molecular flexibility index (Phi) is 6.17. The molecule has 3 nitrogen and oxygen atoms in total. The van der Waals surface area contributed by atoms with Gasteiger partial charge in [-0.3, -0.25) is 4.90 Å². The first-order valence-electron chi connectivity index (χ1n) is 11.5. The number of benzene rings is 2. The SMILES string of the molecule is CC(C)(C)C1CCC(Oc2ccc3c(CN4CCCCC4O)cccc3c2)CC1. The standard InChI is InChI=1S/C26H37NO2/c1-26(2,3)21-10-12-22(13-11-21)29-23-14-15-24-19(17-23)7-6-8-20(24)18-27-16-5-4-9-25(27)28/h6-8,14-15,17,21-22,25,28H,4-5,9-13,16,18H2,1-3H3. The number of likely N-dealkylation sites (tertiary alicyclic amines) is 1. The number of hydrogen-bond acceptors (Lipinski definition) is 3. The van der Waals surface area contributed by atoms with E-state index in [0.29, 0.717) is 11.5 Å². The van der Waals surface area contributed by atoms with E-state index < -0.39 is 0 Å². The fourth-order valence-electron chi connectivity index (χ4n) is 5.16. The summed E-state index contributed by atoms with van der Waals surface area (Å²) < 4.78 is 6.38. The van der Waals surface area contributed by atoms with Gasteiger partial charge >= 0.3 is 0 Å². The van der Waals surface area contributed by atoms with Crippen LogP contribution in [0.25, 0.3) is 10.8 Å². The predicted molar refractivity (Wildman–Crippen MR) is 120 cm³/mol. The van der Waals surface area contributed by atoms with E-state index in [1.165, 1.54) is 35.6 Å². The van der Waals surface area contributed by atoms with E-state index in [1.807, 2.05) is 0 Å². The van der Waals surface area contributed by atoms with Crippen molar-refractivity contribution in [2.75, 3.05) is 6.54 Å². The quantitative estimate of drug-likeness (QED) is 0.676. The van der Waals surface area contributed by atoms with Gasteiger partial charge in [-0.1, -0.05) is 45.0 Å². The number of piperidine rings is 1. The number of rotatable bonds is 4. The lowest BCUT2D eigenvalue weighted by atomic mass is 9.72. The molecule has 0 aromatic heterocycles. The van der Waals surface area contributed by atoms with Crippen molar-refractivity contribution >= 4 is 10.8 Å². The molecule has 1 aliphatic carbocycles. The first-order chi connectivity index (χ1) is 13.9. The molecule has 1 atom stereocenters. The first-order valence-corrected chi connectivity index (χ1v) is 11.5. The summed E-state index contributed by atoms with van der Waals surface area (Å²) in [6.07, 6.45) is 8.10. The van der Waals surface area contributed by atoms with Gasteiger partial charge in [0, 0.05) is 13.1 Å². The zero-order chi connectivity index (χ0) is 20.4. The normalized spacial score (nSPS) is 26.6. The average molecular weight is 396 g/mol. The summed E-state index contributed by atoms with van der Waals surface area (Å²) in [4.78, 5) is 2.20. The molecule has 1 aliphatic heterocycles. The monoisotopic (exact) mass is 395 g/mol. The van der Waals surface area contributed by atoms with Crippen LogP contribution in [0.5, 0.6) is 5.75 Å². The molecule has 2 fully saturated rings. The van der Waals surface area contributed by atoms with Crippen molar-refractivity contribution in [2.24, 2.45) is 11.3 Å². The lowest BCUT2D eigenvalue weighted by Gasteiger charge is -2.37. The van der Waals surface area contributed by atoms with Gasteiger partial charge in [-0.05, 0) is 84.7 Å². The molecule has 1 unspecified atom stereocenters. The van der Waals surface area contributed by atoms with Crippen LogP contribution in [0.3, 0.4) is 0 Å². The zero-order valence-electron chi connectivity index (χ0n) is 18.4. The maximum atomic E-state index is 10.3. The molecule has 0 amide bonds. The van der Waals surface area contributed by atoms with Gasteiger partial charge in [0.2, 0.25) is 0 Å². The largest absolute Gasteiger partial charge is 0.490 e. The molecule has 1 saturated heterocycles. The third kappa shape index (κ3) is 4.95. The van der Waals surface area contributed by atoms with Crippen molar-refractivity contribution in [3.8, 4) is 5.75 Å². The van der Waals surface area contributed by atoms with Crippen LogP contribution in [0.15, 0.2) is 36.4 Å². The molecule has 0 bridgehead atoms. The second-order valence-electron chi connectivity index (χ2n) is 10.2. The number of aliphatic hydroxyl groups excluding tert-OH is 1. The summed E-state index contributed by atoms with van der Waals surface area (Å²) >= 11 is 0.